The first-order valence-corrected chi connectivity index (χ1v) is 6.25. The van der Waals surface area contributed by atoms with Gasteiger partial charge in [-0.25, -0.2) is 4.98 Å². The highest BCUT2D eigenvalue weighted by atomic mass is 15.3. The van der Waals surface area contributed by atoms with Crippen LogP contribution in [0, 0.1) is 13.8 Å². The van der Waals surface area contributed by atoms with Crippen molar-refractivity contribution in [1.82, 2.24) is 19.7 Å². The minimum absolute atomic E-state index is 0.736. The van der Waals surface area contributed by atoms with Crippen molar-refractivity contribution in [2.75, 3.05) is 5.32 Å². The Morgan fingerprint density at radius 2 is 2.11 bits per heavy atom. The van der Waals surface area contributed by atoms with E-state index in [1.807, 2.05) is 6.92 Å². The van der Waals surface area contributed by atoms with Crippen LogP contribution in [0.15, 0.2) is 18.6 Å². The van der Waals surface area contributed by atoms with Crippen molar-refractivity contribution in [1.29, 1.82) is 0 Å². The Morgan fingerprint density at radius 3 is 2.78 bits per heavy atom. The van der Waals surface area contributed by atoms with Crippen molar-refractivity contribution in [3.63, 3.8) is 0 Å². The fourth-order valence-electron chi connectivity index (χ4n) is 1.99. The number of hydrogen-bond acceptors (Lipinski definition) is 4. The number of anilines is 1. The maximum atomic E-state index is 4.55. The van der Waals surface area contributed by atoms with Gasteiger partial charge < -0.3 is 5.32 Å². The normalized spacial score (nSPS) is 10.6. The molecule has 0 aromatic carbocycles. The maximum absolute atomic E-state index is 4.55. The zero-order chi connectivity index (χ0) is 13.0. The average molecular weight is 245 g/mol. The molecule has 0 amide bonds. The Labute approximate surface area is 107 Å². The van der Waals surface area contributed by atoms with E-state index in [4.69, 9.17) is 0 Å². The summed E-state index contributed by atoms with van der Waals surface area (Å²) in [5, 5.41) is 7.82. The molecule has 0 bridgehead atoms. The minimum Gasteiger partial charge on any atom is -0.365 e. The fraction of sp³-hybridized carbons (Fsp3) is 0.462. The van der Waals surface area contributed by atoms with Crippen molar-refractivity contribution < 1.29 is 0 Å². The first kappa shape index (κ1) is 12.5. The number of rotatable bonds is 5. The summed E-state index contributed by atoms with van der Waals surface area (Å²) in [6.07, 6.45) is 6.17. The van der Waals surface area contributed by atoms with E-state index in [1.165, 1.54) is 11.3 Å². The highest BCUT2D eigenvalue weighted by Gasteiger charge is 2.10. The predicted molar refractivity (Wildman–Crippen MR) is 71.4 cm³/mol. The average Bonchev–Trinajstić information content (AvgIpc) is 2.64. The van der Waals surface area contributed by atoms with Crippen LogP contribution in [0.3, 0.4) is 0 Å². The molecule has 5 nitrogen and oxygen atoms in total. The van der Waals surface area contributed by atoms with Gasteiger partial charge in [0.15, 0.2) is 0 Å². The van der Waals surface area contributed by atoms with Crippen LogP contribution < -0.4 is 5.32 Å². The van der Waals surface area contributed by atoms with Crippen LogP contribution in [0.5, 0.6) is 0 Å². The zero-order valence-corrected chi connectivity index (χ0v) is 11.1. The van der Waals surface area contributed by atoms with Gasteiger partial charge in [0.1, 0.15) is 5.82 Å². The molecule has 2 rings (SSSR count). The van der Waals surface area contributed by atoms with Crippen LogP contribution in [0.4, 0.5) is 5.82 Å². The molecule has 0 aliphatic carbocycles. The molecule has 0 fully saturated rings. The number of nitrogens with zero attached hydrogens (tertiary/aromatic N) is 4. The van der Waals surface area contributed by atoms with E-state index in [1.54, 1.807) is 18.6 Å². The Hall–Kier alpha value is -1.91. The second kappa shape index (κ2) is 5.62. The third-order valence-corrected chi connectivity index (χ3v) is 2.98. The Bertz CT molecular complexity index is 504. The van der Waals surface area contributed by atoms with E-state index >= 15 is 0 Å². The summed E-state index contributed by atoms with van der Waals surface area (Å²) in [6, 6.07) is 0. The Balaban J connectivity index is 2.10. The largest absolute Gasteiger partial charge is 0.365 e. The van der Waals surface area contributed by atoms with E-state index in [9.17, 15) is 0 Å². The summed E-state index contributed by atoms with van der Waals surface area (Å²) in [7, 11) is 0. The summed E-state index contributed by atoms with van der Waals surface area (Å²) in [6.45, 7) is 8.03. The zero-order valence-electron chi connectivity index (χ0n) is 11.1. The van der Waals surface area contributed by atoms with Crippen molar-refractivity contribution in [3.05, 3.63) is 35.5 Å². The van der Waals surface area contributed by atoms with E-state index < -0.39 is 0 Å². The highest BCUT2D eigenvalue weighted by Crippen LogP contribution is 2.14. The summed E-state index contributed by atoms with van der Waals surface area (Å²) in [5.74, 6) is 0.791. The number of aryl methyl sites for hydroxylation is 2. The predicted octanol–water partition coefficient (Wildman–Crippen LogP) is 2.31. The molecular weight excluding hydrogens is 226 g/mol. The van der Waals surface area contributed by atoms with Crippen molar-refractivity contribution in [2.24, 2.45) is 0 Å². The molecule has 0 aliphatic rings. The van der Waals surface area contributed by atoms with Gasteiger partial charge in [-0.15, -0.1) is 0 Å². The van der Waals surface area contributed by atoms with Crippen molar-refractivity contribution in [2.45, 2.75) is 40.3 Å². The van der Waals surface area contributed by atoms with Gasteiger partial charge in [0, 0.05) is 36.7 Å². The molecule has 96 valence electrons. The van der Waals surface area contributed by atoms with Crippen LogP contribution in [0.2, 0.25) is 0 Å². The van der Waals surface area contributed by atoms with Crippen LogP contribution in [0.25, 0.3) is 0 Å². The van der Waals surface area contributed by atoms with Crippen LogP contribution in [0.1, 0.15) is 30.3 Å². The van der Waals surface area contributed by atoms with Gasteiger partial charge in [0.25, 0.3) is 0 Å². The number of hydrogen-bond donors (Lipinski definition) is 1. The molecule has 18 heavy (non-hydrogen) atoms. The van der Waals surface area contributed by atoms with Gasteiger partial charge in [-0.1, -0.05) is 6.92 Å². The summed E-state index contributed by atoms with van der Waals surface area (Å²) in [4.78, 5) is 8.23. The van der Waals surface area contributed by atoms with Gasteiger partial charge in [0.05, 0.1) is 11.9 Å². The van der Waals surface area contributed by atoms with Crippen LogP contribution >= 0.6 is 0 Å². The van der Waals surface area contributed by atoms with E-state index in [-0.39, 0.29) is 0 Å². The van der Waals surface area contributed by atoms with Crippen LogP contribution in [-0.2, 0) is 13.1 Å². The molecule has 2 aromatic rings. The van der Waals surface area contributed by atoms with E-state index in [0.717, 1.165) is 31.0 Å². The first-order chi connectivity index (χ1) is 8.72. The fourth-order valence-corrected chi connectivity index (χ4v) is 1.99. The third kappa shape index (κ3) is 2.67. The second-order valence-corrected chi connectivity index (χ2v) is 4.32. The lowest BCUT2D eigenvalue weighted by molar-refractivity contribution is 0.582. The Morgan fingerprint density at radius 1 is 1.28 bits per heavy atom. The third-order valence-electron chi connectivity index (χ3n) is 2.98. The smallest absolute Gasteiger partial charge is 0.144 e. The lowest BCUT2D eigenvalue weighted by atomic mass is 10.2. The van der Waals surface area contributed by atoms with Gasteiger partial charge in [-0.3, -0.25) is 9.67 Å². The van der Waals surface area contributed by atoms with Crippen molar-refractivity contribution in [3.8, 4) is 0 Å². The van der Waals surface area contributed by atoms with Crippen LogP contribution in [-0.4, -0.2) is 19.7 Å². The van der Waals surface area contributed by atoms with Gasteiger partial charge >= 0.3 is 0 Å². The SMILES string of the molecule is CCCn1nc(C)c(CNc2cnccn2)c1C. The molecule has 2 aromatic heterocycles. The molecule has 1 N–H and O–H groups in total. The molecule has 0 aliphatic heterocycles. The molecule has 0 atom stereocenters. The highest BCUT2D eigenvalue weighted by molar-refractivity contribution is 5.34. The quantitative estimate of drug-likeness (QED) is 0.878. The maximum Gasteiger partial charge on any atom is 0.144 e. The van der Waals surface area contributed by atoms with Crippen molar-refractivity contribution >= 4 is 5.82 Å². The second-order valence-electron chi connectivity index (χ2n) is 4.32. The van der Waals surface area contributed by atoms with Gasteiger partial charge in [-0.05, 0) is 20.3 Å². The van der Waals surface area contributed by atoms with Gasteiger partial charge in [-0.2, -0.15) is 5.10 Å². The summed E-state index contributed by atoms with van der Waals surface area (Å²) < 4.78 is 2.07. The molecule has 0 spiro atoms. The molecule has 2 heterocycles. The molecule has 0 saturated heterocycles. The summed E-state index contributed by atoms with van der Waals surface area (Å²) in [5.41, 5.74) is 3.55. The topological polar surface area (TPSA) is 55.6 Å². The Kier molecular flexibility index (Phi) is 3.92. The monoisotopic (exact) mass is 245 g/mol. The van der Waals surface area contributed by atoms with Gasteiger partial charge in [0.2, 0.25) is 0 Å². The standard InChI is InChI=1S/C13H19N5/c1-4-7-18-11(3)12(10(2)17-18)8-16-13-9-14-5-6-15-13/h5-6,9H,4,7-8H2,1-3H3,(H,15,16). The summed E-state index contributed by atoms with van der Waals surface area (Å²) >= 11 is 0. The molecule has 0 radical (unpaired) electrons. The molecule has 0 unspecified atom stereocenters. The molecule has 0 saturated carbocycles. The number of nitrogens with one attached hydrogen (secondary N) is 1. The lowest BCUT2D eigenvalue weighted by Crippen LogP contribution is -2.05. The molecular formula is C13H19N5. The van der Waals surface area contributed by atoms with E-state index in [2.05, 4.69) is 38.9 Å². The molecule has 5 heteroatoms. The number of aromatic nitrogens is 4. The minimum atomic E-state index is 0.736. The lowest BCUT2D eigenvalue weighted by Gasteiger charge is -2.06. The van der Waals surface area contributed by atoms with E-state index in [0.29, 0.717) is 0 Å². The first-order valence-electron chi connectivity index (χ1n) is 6.25.